The number of aromatic nitrogens is 1. The second-order valence-corrected chi connectivity index (χ2v) is 4.76. The summed E-state index contributed by atoms with van der Waals surface area (Å²) < 4.78 is 11.1. The smallest absolute Gasteiger partial charge is 0.214 e. The van der Waals surface area contributed by atoms with Gasteiger partial charge < -0.3 is 19.8 Å². The van der Waals surface area contributed by atoms with Crippen LogP contribution in [0.4, 0.5) is 0 Å². The van der Waals surface area contributed by atoms with Crippen molar-refractivity contribution in [2.45, 2.75) is 20.4 Å². The van der Waals surface area contributed by atoms with Crippen molar-refractivity contribution < 1.29 is 9.15 Å². The molecule has 0 saturated carbocycles. The van der Waals surface area contributed by atoms with Gasteiger partial charge in [0.25, 0.3) is 0 Å². The number of aryl methyl sites for hydroxylation is 2. The lowest BCUT2D eigenvalue weighted by Gasteiger charge is -2.11. The number of para-hydroxylation sites is 1. The number of nitrogens with zero attached hydrogens (tertiary/aromatic N) is 2. The van der Waals surface area contributed by atoms with Crippen LogP contribution < -0.4 is 15.4 Å². The number of ether oxygens (including phenoxy) is 1. The van der Waals surface area contributed by atoms with Crippen LogP contribution >= 0.6 is 24.0 Å². The van der Waals surface area contributed by atoms with Gasteiger partial charge in [0, 0.05) is 7.05 Å². The zero-order valence-corrected chi connectivity index (χ0v) is 16.0. The summed E-state index contributed by atoms with van der Waals surface area (Å²) in [5, 5.41) is 6.33. The minimum atomic E-state index is 0. The van der Waals surface area contributed by atoms with E-state index in [0.29, 0.717) is 31.5 Å². The van der Waals surface area contributed by atoms with Crippen LogP contribution in [-0.2, 0) is 6.54 Å². The van der Waals surface area contributed by atoms with Crippen molar-refractivity contribution in [2.24, 2.45) is 4.99 Å². The Bertz CT molecular complexity index is 594. The van der Waals surface area contributed by atoms with Gasteiger partial charge in [-0.1, -0.05) is 18.2 Å². The summed E-state index contributed by atoms with van der Waals surface area (Å²) >= 11 is 0. The summed E-state index contributed by atoms with van der Waals surface area (Å²) in [6.45, 7) is 5.53. The normalized spacial score (nSPS) is 10.8. The van der Waals surface area contributed by atoms with E-state index in [4.69, 9.17) is 9.15 Å². The topological polar surface area (TPSA) is 71.7 Å². The Morgan fingerprint density at radius 3 is 2.57 bits per heavy atom. The second kappa shape index (κ2) is 10.1. The average molecular weight is 430 g/mol. The summed E-state index contributed by atoms with van der Waals surface area (Å²) in [6, 6.07) is 9.72. The number of hydrogen-bond acceptors (Lipinski definition) is 4. The molecule has 0 aliphatic rings. The first-order valence-corrected chi connectivity index (χ1v) is 7.24. The number of nitrogens with one attached hydrogen (secondary N) is 2. The lowest BCUT2D eigenvalue weighted by molar-refractivity contribution is 0.322. The fourth-order valence-electron chi connectivity index (χ4n) is 1.85. The van der Waals surface area contributed by atoms with Crippen LogP contribution in [0.5, 0.6) is 5.75 Å². The quantitative estimate of drug-likeness (QED) is 0.319. The van der Waals surface area contributed by atoms with E-state index in [0.717, 1.165) is 17.2 Å². The van der Waals surface area contributed by atoms with Crippen molar-refractivity contribution in [1.29, 1.82) is 0 Å². The summed E-state index contributed by atoms with van der Waals surface area (Å²) in [5.74, 6) is 3.04. The van der Waals surface area contributed by atoms with E-state index in [2.05, 4.69) is 20.6 Å². The molecule has 2 aromatic rings. The predicted octanol–water partition coefficient (Wildman–Crippen LogP) is 2.65. The Kier molecular flexibility index (Phi) is 8.46. The zero-order chi connectivity index (χ0) is 15.8. The van der Waals surface area contributed by atoms with Gasteiger partial charge in [-0.15, -0.1) is 24.0 Å². The SMILES string of the molecule is CN=C(NCCOc1ccccc1)NCc1nc(C)c(C)o1.I. The minimum Gasteiger partial charge on any atom is -0.492 e. The van der Waals surface area contributed by atoms with Crippen molar-refractivity contribution in [1.82, 2.24) is 15.6 Å². The van der Waals surface area contributed by atoms with Gasteiger partial charge in [0.05, 0.1) is 18.8 Å². The van der Waals surface area contributed by atoms with Crippen LogP contribution in [0.2, 0.25) is 0 Å². The first-order valence-electron chi connectivity index (χ1n) is 7.24. The molecule has 7 heteroatoms. The highest BCUT2D eigenvalue weighted by Crippen LogP contribution is 2.08. The highest BCUT2D eigenvalue weighted by atomic mass is 127. The highest BCUT2D eigenvalue weighted by Gasteiger charge is 2.06. The Balaban J connectivity index is 0.00000264. The molecule has 0 radical (unpaired) electrons. The molecular formula is C16H23IN4O2. The van der Waals surface area contributed by atoms with Crippen molar-refractivity contribution in [3.63, 3.8) is 0 Å². The monoisotopic (exact) mass is 430 g/mol. The van der Waals surface area contributed by atoms with E-state index < -0.39 is 0 Å². The average Bonchev–Trinajstić information content (AvgIpc) is 2.86. The van der Waals surface area contributed by atoms with E-state index in [-0.39, 0.29) is 24.0 Å². The highest BCUT2D eigenvalue weighted by molar-refractivity contribution is 14.0. The van der Waals surface area contributed by atoms with Crippen LogP contribution in [0.15, 0.2) is 39.7 Å². The number of halogens is 1. The van der Waals surface area contributed by atoms with Gasteiger partial charge in [-0.05, 0) is 26.0 Å². The number of oxazole rings is 1. The molecule has 0 aliphatic heterocycles. The summed E-state index contributed by atoms with van der Waals surface area (Å²) in [5.41, 5.74) is 0.913. The molecule has 1 aromatic heterocycles. The molecule has 2 N–H and O–H groups in total. The van der Waals surface area contributed by atoms with Gasteiger partial charge in [0.2, 0.25) is 5.89 Å². The van der Waals surface area contributed by atoms with Gasteiger partial charge in [0.1, 0.15) is 18.1 Å². The summed E-state index contributed by atoms with van der Waals surface area (Å²) in [7, 11) is 1.72. The molecule has 0 unspecified atom stereocenters. The second-order valence-electron chi connectivity index (χ2n) is 4.76. The van der Waals surface area contributed by atoms with Gasteiger partial charge in [-0.2, -0.15) is 0 Å². The third-order valence-corrected chi connectivity index (χ3v) is 3.11. The third-order valence-electron chi connectivity index (χ3n) is 3.11. The fraction of sp³-hybridized carbons (Fsp3) is 0.375. The molecule has 0 amide bonds. The Labute approximate surface area is 153 Å². The largest absolute Gasteiger partial charge is 0.492 e. The van der Waals surface area contributed by atoms with Gasteiger partial charge >= 0.3 is 0 Å². The maximum absolute atomic E-state index is 5.61. The fourth-order valence-corrected chi connectivity index (χ4v) is 1.85. The first kappa shape index (κ1) is 19.3. The molecule has 1 aromatic carbocycles. The van der Waals surface area contributed by atoms with Crippen molar-refractivity contribution >= 4 is 29.9 Å². The van der Waals surface area contributed by atoms with Crippen LogP contribution in [0.3, 0.4) is 0 Å². The zero-order valence-electron chi connectivity index (χ0n) is 13.6. The van der Waals surface area contributed by atoms with Crippen molar-refractivity contribution in [3.8, 4) is 5.75 Å². The third kappa shape index (κ3) is 6.47. The van der Waals surface area contributed by atoms with E-state index >= 15 is 0 Å². The van der Waals surface area contributed by atoms with E-state index in [1.54, 1.807) is 7.05 Å². The number of aliphatic imine (C=N–C) groups is 1. The first-order chi connectivity index (χ1) is 10.7. The van der Waals surface area contributed by atoms with Crippen LogP contribution in [-0.4, -0.2) is 31.1 Å². The van der Waals surface area contributed by atoms with E-state index in [1.165, 1.54) is 0 Å². The van der Waals surface area contributed by atoms with Crippen molar-refractivity contribution in [2.75, 3.05) is 20.2 Å². The molecular weight excluding hydrogens is 407 g/mol. The van der Waals surface area contributed by atoms with Gasteiger partial charge in [0.15, 0.2) is 5.96 Å². The minimum absolute atomic E-state index is 0. The molecule has 0 bridgehead atoms. The van der Waals surface area contributed by atoms with E-state index in [1.807, 2.05) is 44.2 Å². The molecule has 6 nitrogen and oxygen atoms in total. The Hall–Kier alpha value is -1.77. The predicted molar refractivity (Wildman–Crippen MR) is 102 cm³/mol. The van der Waals surface area contributed by atoms with Crippen LogP contribution in [0.1, 0.15) is 17.3 Å². The number of guanidine groups is 1. The molecule has 2 rings (SSSR count). The lowest BCUT2D eigenvalue weighted by atomic mass is 10.3. The number of rotatable bonds is 6. The van der Waals surface area contributed by atoms with Crippen LogP contribution in [0.25, 0.3) is 0 Å². The molecule has 0 atom stereocenters. The number of hydrogen-bond donors (Lipinski definition) is 2. The molecule has 1 heterocycles. The molecule has 0 aliphatic carbocycles. The summed E-state index contributed by atoms with van der Waals surface area (Å²) in [6.07, 6.45) is 0. The van der Waals surface area contributed by atoms with Gasteiger partial charge in [-0.3, -0.25) is 4.99 Å². The summed E-state index contributed by atoms with van der Waals surface area (Å²) in [4.78, 5) is 8.46. The lowest BCUT2D eigenvalue weighted by Crippen LogP contribution is -2.38. The molecule has 0 spiro atoms. The van der Waals surface area contributed by atoms with Gasteiger partial charge in [-0.25, -0.2) is 4.98 Å². The molecule has 23 heavy (non-hydrogen) atoms. The standard InChI is InChI=1S/C16H22N4O2.HI/c1-12-13(2)22-15(20-12)11-19-16(17-3)18-9-10-21-14-7-5-4-6-8-14;/h4-8H,9-11H2,1-3H3,(H2,17,18,19);1H. The molecule has 0 fully saturated rings. The molecule has 126 valence electrons. The molecule has 0 saturated heterocycles. The Morgan fingerprint density at radius 2 is 1.96 bits per heavy atom. The van der Waals surface area contributed by atoms with Crippen molar-refractivity contribution in [3.05, 3.63) is 47.7 Å². The van der Waals surface area contributed by atoms with Crippen LogP contribution in [0, 0.1) is 13.8 Å². The van der Waals surface area contributed by atoms with E-state index in [9.17, 15) is 0 Å². The number of benzene rings is 1. The Morgan fingerprint density at radius 1 is 1.22 bits per heavy atom. The maximum atomic E-state index is 5.61. The maximum Gasteiger partial charge on any atom is 0.214 e.